The number of aromatic amines is 1. The zero-order valence-electron chi connectivity index (χ0n) is 13.1. The number of H-pyrrole nitrogens is 1. The smallest absolute Gasteiger partial charge is 0.272 e. The Morgan fingerprint density at radius 3 is 3.00 bits per heavy atom. The van der Waals surface area contributed by atoms with Crippen LogP contribution in [-0.2, 0) is 4.74 Å². The maximum atomic E-state index is 12.6. The first-order chi connectivity index (χ1) is 11.0. The Hall–Kier alpha value is -2.54. The van der Waals surface area contributed by atoms with E-state index >= 15 is 0 Å². The number of aryl methyl sites for hydroxylation is 2. The van der Waals surface area contributed by atoms with Crippen molar-refractivity contribution < 1.29 is 9.53 Å². The number of carbonyl (C=O) groups is 1. The minimum Gasteiger partial charge on any atom is -0.367 e. The Labute approximate surface area is 133 Å². The van der Waals surface area contributed by atoms with Crippen molar-refractivity contribution in [1.82, 2.24) is 19.9 Å². The van der Waals surface area contributed by atoms with E-state index in [-0.39, 0.29) is 11.5 Å². The van der Waals surface area contributed by atoms with Crippen molar-refractivity contribution in [3.63, 3.8) is 0 Å². The highest BCUT2D eigenvalue weighted by molar-refractivity contribution is 5.93. The quantitative estimate of drug-likeness (QED) is 0.893. The van der Waals surface area contributed by atoms with Crippen LogP contribution >= 0.6 is 0 Å². The van der Waals surface area contributed by atoms with Crippen LogP contribution < -0.4 is 5.56 Å². The van der Waals surface area contributed by atoms with Gasteiger partial charge in [-0.1, -0.05) is 6.07 Å². The van der Waals surface area contributed by atoms with Crippen molar-refractivity contribution in [1.29, 1.82) is 0 Å². The van der Waals surface area contributed by atoms with Gasteiger partial charge in [0.1, 0.15) is 17.6 Å². The third-order valence-corrected chi connectivity index (χ3v) is 3.76. The van der Waals surface area contributed by atoms with Gasteiger partial charge in [0.15, 0.2) is 0 Å². The lowest BCUT2D eigenvalue weighted by molar-refractivity contribution is -0.0271. The summed E-state index contributed by atoms with van der Waals surface area (Å²) in [5.74, 6) is 0.316. The van der Waals surface area contributed by atoms with Gasteiger partial charge in [0, 0.05) is 24.5 Å². The molecule has 23 heavy (non-hydrogen) atoms. The van der Waals surface area contributed by atoms with Gasteiger partial charge in [-0.25, -0.2) is 4.98 Å². The third kappa shape index (κ3) is 3.29. The molecule has 0 saturated carbocycles. The molecule has 1 aliphatic rings. The zero-order valence-corrected chi connectivity index (χ0v) is 13.1. The lowest BCUT2D eigenvalue weighted by Crippen LogP contribution is -2.43. The molecule has 1 fully saturated rings. The maximum absolute atomic E-state index is 12.6. The van der Waals surface area contributed by atoms with Gasteiger partial charge in [-0.05, 0) is 25.5 Å². The van der Waals surface area contributed by atoms with Crippen LogP contribution in [0.1, 0.15) is 33.7 Å². The number of morpholine rings is 1. The van der Waals surface area contributed by atoms with E-state index in [1.54, 1.807) is 24.1 Å². The molecule has 0 radical (unpaired) electrons. The summed E-state index contributed by atoms with van der Waals surface area (Å²) in [5, 5.41) is 0. The fraction of sp³-hybridized carbons (Fsp3) is 0.375. The molecule has 0 aromatic carbocycles. The van der Waals surface area contributed by atoms with Crippen molar-refractivity contribution in [3.05, 3.63) is 57.5 Å². The van der Waals surface area contributed by atoms with Gasteiger partial charge in [-0.3, -0.25) is 14.6 Å². The highest BCUT2D eigenvalue weighted by atomic mass is 16.5. The number of carbonyl (C=O) groups excluding carboxylic acids is 1. The number of ether oxygens (including phenoxy) is 1. The summed E-state index contributed by atoms with van der Waals surface area (Å²) >= 11 is 0. The molecule has 1 amide bonds. The number of hydrogen-bond donors (Lipinski definition) is 1. The second kappa shape index (κ2) is 6.29. The molecule has 2 aromatic rings. The third-order valence-electron chi connectivity index (χ3n) is 3.76. The monoisotopic (exact) mass is 314 g/mol. The van der Waals surface area contributed by atoms with Crippen LogP contribution in [0.4, 0.5) is 0 Å². The second-order valence-corrected chi connectivity index (χ2v) is 5.55. The molecule has 0 bridgehead atoms. The van der Waals surface area contributed by atoms with Crippen LogP contribution in [0.15, 0.2) is 29.2 Å². The molecule has 1 N–H and O–H groups in total. The van der Waals surface area contributed by atoms with Crippen molar-refractivity contribution in [2.45, 2.75) is 20.0 Å². The summed E-state index contributed by atoms with van der Waals surface area (Å²) in [6.45, 7) is 4.82. The zero-order chi connectivity index (χ0) is 16.4. The number of nitrogens with zero attached hydrogens (tertiary/aromatic N) is 3. The lowest BCUT2D eigenvalue weighted by Gasteiger charge is -2.32. The van der Waals surface area contributed by atoms with Gasteiger partial charge in [-0.2, -0.15) is 0 Å². The van der Waals surface area contributed by atoms with Crippen LogP contribution in [0.2, 0.25) is 0 Å². The minimum atomic E-state index is -0.440. The van der Waals surface area contributed by atoms with Crippen molar-refractivity contribution in [2.75, 3.05) is 19.7 Å². The molecule has 1 atom stereocenters. The van der Waals surface area contributed by atoms with E-state index in [1.165, 1.54) is 6.07 Å². The Morgan fingerprint density at radius 2 is 2.26 bits per heavy atom. The molecule has 120 valence electrons. The molecule has 0 spiro atoms. The second-order valence-electron chi connectivity index (χ2n) is 5.55. The molecule has 7 heteroatoms. The van der Waals surface area contributed by atoms with E-state index < -0.39 is 6.10 Å². The molecule has 7 nitrogen and oxygen atoms in total. The Balaban J connectivity index is 1.82. The fourth-order valence-corrected chi connectivity index (χ4v) is 2.61. The first kappa shape index (κ1) is 15.4. The summed E-state index contributed by atoms with van der Waals surface area (Å²) < 4.78 is 5.67. The fourth-order valence-electron chi connectivity index (χ4n) is 2.61. The lowest BCUT2D eigenvalue weighted by atomic mass is 10.1. The SMILES string of the molecule is Cc1cc(=O)[nH]c([C@H]2CN(C(=O)c3ncccc3C)CCO2)n1. The largest absolute Gasteiger partial charge is 0.367 e. The van der Waals surface area contributed by atoms with Crippen LogP contribution in [-0.4, -0.2) is 45.5 Å². The Kier molecular flexibility index (Phi) is 4.20. The van der Waals surface area contributed by atoms with Crippen LogP contribution in [0.3, 0.4) is 0 Å². The molecule has 2 aromatic heterocycles. The van der Waals surface area contributed by atoms with Gasteiger partial charge in [0.05, 0.1) is 13.2 Å². The van der Waals surface area contributed by atoms with E-state index in [2.05, 4.69) is 15.0 Å². The van der Waals surface area contributed by atoms with Gasteiger partial charge >= 0.3 is 0 Å². The molecule has 1 saturated heterocycles. The molecule has 1 aliphatic heterocycles. The number of aromatic nitrogens is 3. The van der Waals surface area contributed by atoms with Gasteiger partial charge in [-0.15, -0.1) is 0 Å². The standard InChI is InChI=1S/C16H18N4O3/c1-10-4-3-5-17-14(10)16(22)20-6-7-23-12(9-20)15-18-11(2)8-13(21)19-15/h3-5,8,12H,6-7,9H2,1-2H3,(H,18,19,21)/t12-/m1/s1. The number of amides is 1. The number of pyridine rings is 1. The van der Waals surface area contributed by atoms with E-state index in [0.29, 0.717) is 36.9 Å². The summed E-state index contributed by atoms with van der Waals surface area (Å²) in [7, 11) is 0. The first-order valence-electron chi connectivity index (χ1n) is 7.45. The number of nitrogens with one attached hydrogen (secondary N) is 1. The number of hydrogen-bond acceptors (Lipinski definition) is 5. The van der Waals surface area contributed by atoms with Crippen LogP contribution in [0.25, 0.3) is 0 Å². The predicted octanol–water partition coefficient (Wildman–Crippen LogP) is 0.995. The average Bonchev–Trinajstić information content (AvgIpc) is 2.54. The summed E-state index contributed by atoms with van der Waals surface area (Å²) in [6.07, 6.45) is 1.17. The molecule has 0 aliphatic carbocycles. The predicted molar refractivity (Wildman–Crippen MR) is 83.2 cm³/mol. The van der Waals surface area contributed by atoms with Gasteiger partial charge in [0.25, 0.3) is 11.5 Å². The topological polar surface area (TPSA) is 88.2 Å². The Morgan fingerprint density at radius 1 is 1.43 bits per heavy atom. The molecule has 3 rings (SSSR count). The molecule has 0 unspecified atom stereocenters. The van der Waals surface area contributed by atoms with E-state index in [0.717, 1.165) is 5.56 Å². The summed E-state index contributed by atoms with van der Waals surface area (Å²) in [5.41, 5.74) is 1.68. The number of rotatable bonds is 2. The summed E-state index contributed by atoms with van der Waals surface area (Å²) in [6, 6.07) is 5.08. The normalized spacial score (nSPS) is 18.0. The molecular weight excluding hydrogens is 296 g/mol. The van der Waals surface area contributed by atoms with E-state index in [9.17, 15) is 9.59 Å². The maximum Gasteiger partial charge on any atom is 0.272 e. The van der Waals surface area contributed by atoms with Gasteiger partial charge < -0.3 is 14.6 Å². The highest BCUT2D eigenvalue weighted by Crippen LogP contribution is 2.20. The molecular formula is C16H18N4O3. The van der Waals surface area contributed by atoms with E-state index in [4.69, 9.17) is 4.74 Å². The van der Waals surface area contributed by atoms with Crippen LogP contribution in [0.5, 0.6) is 0 Å². The molecule has 3 heterocycles. The average molecular weight is 314 g/mol. The Bertz CT molecular complexity index is 787. The first-order valence-corrected chi connectivity index (χ1v) is 7.45. The van der Waals surface area contributed by atoms with Crippen molar-refractivity contribution in [2.24, 2.45) is 0 Å². The minimum absolute atomic E-state index is 0.133. The van der Waals surface area contributed by atoms with Crippen molar-refractivity contribution in [3.8, 4) is 0 Å². The van der Waals surface area contributed by atoms with Gasteiger partial charge in [0.2, 0.25) is 0 Å². The highest BCUT2D eigenvalue weighted by Gasteiger charge is 2.28. The van der Waals surface area contributed by atoms with Crippen molar-refractivity contribution >= 4 is 5.91 Å². The van der Waals surface area contributed by atoms with E-state index in [1.807, 2.05) is 13.0 Å². The summed E-state index contributed by atoms with van der Waals surface area (Å²) in [4.78, 5) is 37.1. The van der Waals surface area contributed by atoms with Crippen LogP contribution in [0, 0.1) is 13.8 Å².